The van der Waals surface area contributed by atoms with E-state index in [4.69, 9.17) is 4.74 Å². The zero-order valence-corrected chi connectivity index (χ0v) is 13.9. The summed E-state index contributed by atoms with van der Waals surface area (Å²) in [5.41, 5.74) is 0.673. The van der Waals surface area contributed by atoms with Gasteiger partial charge in [0.25, 0.3) is 5.91 Å². The molecule has 2 rings (SSSR count). The number of nitrogens with one attached hydrogen (secondary N) is 1. The Balaban J connectivity index is 1.85. The molecule has 0 aliphatic rings. The highest BCUT2D eigenvalue weighted by Crippen LogP contribution is 2.23. The molecule has 0 aromatic heterocycles. The minimum Gasteiger partial charge on any atom is -0.452 e. The number of anilines is 1. The van der Waals surface area contributed by atoms with Crippen molar-refractivity contribution in [1.82, 2.24) is 0 Å². The van der Waals surface area contributed by atoms with Crippen LogP contribution in [0.1, 0.15) is 13.8 Å². The number of ether oxygens (including phenoxy) is 1. The summed E-state index contributed by atoms with van der Waals surface area (Å²) in [6.45, 7) is 3.33. The minimum atomic E-state index is -0.846. The maximum Gasteiger partial charge on any atom is 0.319 e. The Hall–Kier alpha value is -2.27. The maximum absolute atomic E-state index is 12.1. The molecule has 2 atom stereocenters. The van der Waals surface area contributed by atoms with E-state index in [0.29, 0.717) is 5.69 Å². The van der Waals surface area contributed by atoms with Crippen LogP contribution in [0.25, 0.3) is 0 Å². The molecule has 120 valence electrons. The van der Waals surface area contributed by atoms with E-state index in [1.807, 2.05) is 48.5 Å². The van der Waals surface area contributed by atoms with Gasteiger partial charge in [-0.15, -0.1) is 11.8 Å². The smallest absolute Gasteiger partial charge is 0.319 e. The number of hydrogen-bond donors (Lipinski definition) is 1. The van der Waals surface area contributed by atoms with Gasteiger partial charge in [0, 0.05) is 10.6 Å². The molecule has 0 radical (unpaired) electrons. The van der Waals surface area contributed by atoms with Gasteiger partial charge in [-0.2, -0.15) is 0 Å². The van der Waals surface area contributed by atoms with E-state index >= 15 is 0 Å². The lowest BCUT2D eigenvalue weighted by atomic mass is 10.3. The number of carbonyl (C=O) groups is 2. The lowest BCUT2D eigenvalue weighted by molar-refractivity contribution is -0.152. The van der Waals surface area contributed by atoms with Crippen molar-refractivity contribution in [1.29, 1.82) is 0 Å². The molecule has 0 aliphatic carbocycles. The van der Waals surface area contributed by atoms with Gasteiger partial charge < -0.3 is 10.1 Å². The Kier molecular flexibility index (Phi) is 6.23. The maximum atomic E-state index is 12.1. The van der Waals surface area contributed by atoms with Crippen LogP contribution in [-0.4, -0.2) is 23.2 Å². The van der Waals surface area contributed by atoms with Gasteiger partial charge in [-0.25, -0.2) is 0 Å². The molecule has 2 aromatic rings. The summed E-state index contributed by atoms with van der Waals surface area (Å²) < 4.78 is 5.25. The molecule has 0 saturated heterocycles. The van der Waals surface area contributed by atoms with E-state index in [1.54, 1.807) is 26.0 Å². The van der Waals surface area contributed by atoms with Crippen molar-refractivity contribution in [2.45, 2.75) is 30.1 Å². The normalized spacial score (nSPS) is 13.0. The highest BCUT2D eigenvalue weighted by molar-refractivity contribution is 8.00. The Morgan fingerprint density at radius 3 is 2.13 bits per heavy atom. The molecule has 5 heteroatoms. The molecule has 4 nitrogen and oxygen atoms in total. The van der Waals surface area contributed by atoms with Gasteiger partial charge in [0.05, 0.1) is 0 Å². The minimum absolute atomic E-state index is 0.346. The summed E-state index contributed by atoms with van der Waals surface area (Å²) in [4.78, 5) is 25.1. The van der Waals surface area contributed by atoms with Crippen LogP contribution in [-0.2, 0) is 14.3 Å². The second-order valence-electron chi connectivity index (χ2n) is 5.01. The monoisotopic (exact) mass is 329 g/mol. The summed E-state index contributed by atoms with van der Waals surface area (Å²) in [5, 5.41) is 2.33. The Morgan fingerprint density at radius 1 is 0.957 bits per heavy atom. The molecule has 0 unspecified atom stereocenters. The van der Waals surface area contributed by atoms with Gasteiger partial charge in [-0.05, 0) is 38.1 Å². The molecule has 23 heavy (non-hydrogen) atoms. The predicted molar refractivity (Wildman–Crippen MR) is 92.4 cm³/mol. The van der Waals surface area contributed by atoms with Gasteiger partial charge in [-0.1, -0.05) is 36.4 Å². The van der Waals surface area contributed by atoms with Gasteiger partial charge >= 0.3 is 5.97 Å². The van der Waals surface area contributed by atoms with Crippen LogP contribution in [0.4, 0.5) is 5.69 Å². The van der Waals surface area contributed by atoms with E-state index in [9.17, 15) is 9.59 Å². The van der Waals surface area contributed by atoms with Gasteiger partial charge in [0.1, 0.15) is 5.25 Å². The van der Waals surface area contributed by atoms with Crippen LogP contribution in [0, 0.1) is 0 Å². The zero-order valence-electron chi connectivity index (χ0n) is 13.1. The fraction of sp³-hybridized carbons (Fsp3) is 0.222. The Bertz CT molecular complexity index is 646. The third-order valence-electron chi connectivity index (χ3n) is 3.09. The lowest BCUT2D eigenvalue weighted by Gasteiger charge is -2.16. The number of thioether (sulfide) groups is 1. The predicted octanol–water partition coefficient (Wildman–Crippen LogP) is 3.74. The van der Waals surface area contributed by atoms with E-state index in [0.717, 1.165) is 4.90 Å². The topological polar surface area (TPSA) is 55.4 Å². The molecule has 0 fully saturated rings. The molecular weight excluding hydrogens is 310 g/mol. The summed E-state index contributed by atoms with van der Waals surface area (Å²) in [7, 11) is 0. The standard InChI is InChI=1S/C18H19NO3S/c1-13(17(20)19-15-9-5-3-6-10-15)22-18(21)14(2)23-16-11-7-4-8-12-16/h3-14H,1-2H3,(H,19,20)/t13-,14+/m1/s1. The number of amides is 1. The SMILES string of the molecule is C[C@H](Sc1ccccc1)C(=O)O[C@H](C)C(=O)Nc1ccccc1. The number of carbonyl (C=O) groups excluding carboxylic acids is 2. The average Bonchev–Trinajstić information content (AvgIpc) is 2.56. The van der Waals surface area contributed by atoms with Gasteiger partial charge in [-0.3, -0.25) is 9.59 Å². The molecule has 1 amide bonds. The molecule has 0 heterocycles. The summed E-state index contributed by atoms with van der Waals surface area (Å²) >= 11 is 1.40. The molecular formula is C18H19NO3S. The van der Waals surface area contributed by atoms with E-state index < -0.39 is 12.1 Å². The molecule has 0 spiro atoms. The van der Waals surface area contributed by atoms with Crippen LogP contribution in [0.5, 0.6) is 0 Å². The first-order chi connectivity index (χ1) is 11.1. The summed E-state index contributed by atoms with van der Waals surface area (Å²) in [6, 6.07) is 18.7. The van der Waals surface area contributed by atoms with Crippen LogP contribution in [0.2, 0.25) is 0 Å². The van der Waals surface area contributed by atoms with Crippen molar-refractivity contribution in [3.05, 3.63) is 60.7 Å². The molecule has 2 aromatic carbocycles. The second kappa shape index (κ2) is 8.39. The first kappa shape index (κ1) is 17.1. The van der Waals surface area contributed by atoms with E-state index in [1.165, 1.54) is 11.8 Å². The van der Waals surface area contributed by atoms with Gasteiger partial charge in [0.15, 0.2) is 6.10 Å². The molecule has 0 saturated carbocycles. The highest BCUT2D eigenvalue weighted by Gasteiger charge is 2.22. The molecule has 0 aliphatic heterocycles. The summed E-state index contributed by atoms with van der Waals surface area (Å²) in [6.07, 6.45) is -0.846. The van der Waals surface area contributed by atoms with Crippen molar-refractivity contribution >= 4 is 29.3 Å². The quantitative estimate of drug-likeness (QED) is 0.648. The largest absolute Gasteiger partial charge is 0.452 e. The third-order valence-corrected chi connectivity index (χ3v) is 4.18. The van der Waals surface area contributed by atoms with E-state index in [-0.39, 0.29) is 11.2 Å². The first-order valence-corrected chi connectivity index (χ1v) is 8.22. The van der Waals surface area contributed by atoms with E-state index in [2.05, 4.69) is 5.32 Å². The summed E-state index contributed by atoms with van der Waals surface area (Å²) in [5.74, 6) is -0.754. The first-order valence-electron chi connectivity index (χ1n) is 7.34. The van der Waals surface area contributed by atoms with Crippen molar-refractivity contribution in [2.24, 2.45) is 0 Å². The third kappa shape index (κ3) is 5.45. The van der Waals surface area contributed by atoms with Crippen molar-refractivity contribution < 1.29 is 14.3 Å². The number of rotatable bonds is 6. The van der Waals surface area contributed by atoms with Crippen molar-refractivity contribution in [3.63, 3.8) is 0 Å². The fourth-order valence-electron chi connectivity index (χ4n) is 1.84. The van der Waals surface area contributed by atoms with Crippen LogP contribution in [0.15, 0.2) is 65.6 Å². The van der Waals surface area contributed by atoms with Crippen LogP contribution < -0.4 is 5.32 Å². The van der Waals surface area contributed by atoms with Gasteiger partial charge in [0.2, 0.25) is 0 Å². The highest BCUT2D eigenvalue weighted by atomic mass is 32.2. The molecule has 0 bridgehead atoms. The second-order valence-corrected chi connectivity index (χ2v) is 6.42. The number of esters is 1. The van der Waals surface area contributed by atoms with Crippen molar-refractivity contribution in [3.8, 4) is 0 Å². The Labute approximate surface area is 140 Å². The number of hydrogen-bond acceptors (Lipinski definition) is 4. The van der Waals surface area contributed by atoms with Crippen LogP contribution in [0.3, 0.4) is 0 Å². The molecule has 1 N–H and O–H groups in total. The zero-order chi connectivity index (χ0) is 16.7. The average molecular weight is 329 g/mol. The lowest BCUT2D eigenvalue weighted by Crippen LogP contribution is -2.32. The number of para-hydroxylation sites is 1. The number of benzene rings is 2. The van der Waals surface area contributed by atoms with Crippen molar-refractivity contribution in [2.75, 3.05) is 5.32 Å². The van der Waals surface area contributed by atoms with Crippen LogP contribution >= 0.6 is 11.8 Å². The Morgan fingerprint density at radius 2 is 1.52 bits per heavy atom. The fourth-order valence-corrected chi connectivity index (χ4v) is 2.71.